The van der Waals surface area contributed by atoms with Crippen LogP contribution in [-0.2, 0) is 38.2 Å². The third-order valence-electron chi connectivity index (χ3n) is 12.8. The molecule has 74 heavy (non-hydrogen) atoms. The molecule has 0 aromatic rings. The summed E-state index contributed by atoms with van der Waals surface area (Å²) < 4.78 is 10.8. The normalized spacial score (nSPS) is 18.9. The lowest BCUT2D eigenvalue weighted by molar-refractivity contribution is -0.156. The van der Waals surface area contributed by atoms with Crippen LogP contribution < -0.4 is 10.6 Å². The summed E-state index contributed by atoms with van der Waals surface area (Å²) in [5.41, 5.74) is 4.01. The second-order valence-electron chi connectivity index (χ2n) is 20.7. The second kappa shape index (κ2) is 31.8. The van der Waals surface area contributed by atoms with E-state index >= 15 is 0 Å². The zero-order valence-electron chi connectivity index (χ0n) is 46.2. The van der Waals surface area contributed by atoms with Crippen LogP contribution in [0.15, 0.2) is 130 Å². The van der Waals surface area contributed by atoms with Gasteiger partial charge in [-0.15, -0.1) is 0 Å². The molecule has 2 aliphatic rings. The fourth-order valence-corrected chi connectivity index (χ4v) is 7.99. The highest BCUT2D eigenvalue weighted by atomic mass is 16.6. The van der Waals surface area contributed by atoms with Crippen LogP contribution in [0.2, 0.25) is 0 Å². The minimum absolute atomic E-state index is 0.149. The first-order valence-electron chi connectivity index (χ1n) is 25.2. The van der Waals surface area contributed by atoms with Gasteiger partial charge in [-0.3, -0.25) is 28.8 Å². The van der Waals surface area contributed by atoms with Gasteiger partial charge in [-0.05, 0) is 94.9 Å². The number of ether oxygens (including phenoxy) is 2. The van der Waals surface area contributed by atoms with E-state index in [4.69, 9.17) is 9.47 Å². The predicted molar refractivity (Wildman–Crippen MR) is 290 cm³/mol. The molecule has 0 aliphatic heterocycles. The highest BCUT2D eigenvalue weighted by Gasteiger charge is 2.41. The Balaban J connectivity index is 0.000000833. The maximum Gasteiger partial charge on any atom is 0.307 e. The standard InChI is InChI=1S/C38H53NO7.C21H33NO6/c1-27(2)13-11-16-28(3)14-9-10-15-29(4)17-12-18-30(5)19-20-32-31(6)36(45)33(23-37(32,7)8)46-35(44)22-21-34(43)39-38(24-40,25-41)26-42;1-6-8-15-14(3)19(27)16(11-20(15,4)5)28-18(26)10-9-17(25)22-21(7-2,12-23)13-24/h9-20,33,40-42H,21-26H2,1-8H3,(H,39,43);6,8,16,23-24H,7,9-13H2,1-5H3,(H,22,25)/b10-9+,16-11+,17-12+,20-19+,28-14+,29-15+,30-18+;8-6+. The monoisotopic (exact) mass is 1030 g/mol. The molecule has 2 atom stereocenters. The number of esters is 2. The quantitative estimate of drug-likeness (QED) is 0.0343. The first kappa shape index (κ1) is 66.2. The summed E-state index contributed by atoms with van der Waals surface area (Å²) in [5, 5.41) is 51.7. The van der Waals surface area contributed by atoms with E-state index in [1.54, 1.807) is 20.8 Å². The van der Waals surface area contributed by atoms with Crippen molar-refractivity contribution in [3.63, 3.8) is 0 Å². The summed E-state index contributed by atoms with van der Waals surface area (Å²) >= 11 is 0. The van der Waals surface area contributed by atoms with Crippen LogP contribution in [0.1, 0.15) is 135 Å². The minimum Gasteiger partial charge on any atom is -0.454 e. The molecule has 2 rings (SSSR count). The van der Waals surface area contributed by atoms with Crippen LogP contribution in [-0.4, -0.2) is 117 Å². The molecule has 15 heteroatoms. The van der Waals surface area contributed by atoms with Crippen LogP contribution in [0, 0.1) is 10.8 Å². The van der Waals surface area contributed by atoms with Crippen LogP contribution in [0.25, 0.3) is 0 Å². The molecular formula is C59H86N2O13. The van der Waals surface area contributed by atoms with Crippen molar-refractivity contribution in [2.24, 2.45) is 10.8 Å². The Morgan fingerprint density at radius 1 is 0.568 bits per heavy atom. The van der Waals surface area contributed by atoms with Gasteiger partial charge in [0.25, 0.3) is 0 Å². The summed E-state index contributed by atoms with van der Waals surface area (Å²) in [7, 11) is 0. The van der Waals surface area contributed by atoms with Crippen molar-refractivity contribution in [3.8, 4) is 0 Å². The number of nitrogens with one attached hydrogen (secondary N) is 2. The number of carbonyl (C=O) groups is 6. The Hall–Kier alpha value is -5.84. The zero-order chi connectivity index (χ0) is 56.5. The Bertz CT molecular complexity index is 2300. The fourth-order valence-electron chi connectivity index (χ4n) is 7.99. The number of rotatable bonds is 25. The molecule has 0 spiro atoms. The molecular weight excluding hydrogens is 945 g/mol. The van der Waals surface area contributed by atoms with Gasteiger partial charge in [-0.1, -0.05) is 142 Å². The Morgan fingerprint density at radius 3 is 1.31 bits per heavy atom. The molecule has 0 aromatic heterocycles. The number of amides is 2. The highest BCUT2D eigenvalue weighted by molar-refractivity contribution is 6.02. The minimum atomic E-state index is -1.58. The van der Waals surface area contributed by atoms with Crippen LogP contribution in [0.3, 0.4) is 0 Å². The summed E-state index contributed by atoms with van der Waals surface area (Å²) in [6, 6.07) is 0. The summed E-state index contributed by atoms with van der Waals surface area (Å²) in [6.45, 7) is 22.5. The number of hydrogen-bond acceptors (Lipinski definition) is 13. The van der Waals surface area contributed by atoms with E-state index in [0.29, 0.717) is 30.4 Å². The number of Topliss-reactive ketones (excluding diaryl/α,β-unsaturated/α-hetero) is 2. The molecule has 0 aromatic carbocycles. The first-order chi connectivity index (χ1) is 34.6. The third-order valence-corrected chi connectivity index (χ3v) is 12.8. The predicted octanol–water partition coefficient (Wildman–Crippen LogP) is 7.68. The molecule has 0 fully saturated rings. The van der Waals surface area contributed by atoms with Crippen LogP contribution in [0.5, 0.6) is 0 Å². The molecule has 15 nitrogen and oxygen atoms in total. The molecule has 0 heterocycles. The lowest BCUT2D eigenvalue weighted by Crippen LogP contribution is -2.57. The largest absolute Gasteiger partial charge is 0.454 e. The van der Waals surface area contributed by atoms with Crippen molar-refractivity contribution in [3.05, 3.63) is 130 Å². The van der Waals surface area contributed by atoms with Crippen molar-refractivity contribution in [2.75, 3.05) is 33.0 Å². The van der Waals surface area contributed by atoms with E-state index in [1.165, 1.54) is 11.1 Å². The average molecular weight is 1030 g/mol. The van der Waals surface area contributed by atoms with E-state index in [-0.39, 0.29) is 42.7 Å². The number of carbonyl (C=O) groups excluding carboxylic acids is 6. The van der Waals surface area contributed by atoms with E-state index in [2.05, 4.69) is 49.6 Å². The number of aliphatic hydroxyl groups is 5. The Labute approximate surface area is 440 Å². The maximum atomic E-state index is 13.1. The molecule has 2 amide bonds. The van der Waals surface area contributed by atoms with Gasteiger partial charge >= 0.3 is 11.9 Å². The Kier molecular flexibility index (Phi) is 28.4. The van der Waals surface area contributed by atoms with Crippen LogP contribution >= 0.6 is 0 Å². The summed E-state index contributed by atoms with van der Waals surface area (Å²) in [6.07, 6.45) is 26.3. The van der Waals surface area contributed by atoms with Crippen molar-refractivity contribution in [1.29, 1.82) is 0 Å². The molecule has 0 radical (unpaired) electrons. The molecule has 0 saturated carbocycles. The summed E-state index contributed by atoms with van der Waals surface area (Å²) in [4.78, 5) is 74.6. The van der Waals surface area contributed by atoms with Gasteiger partial charge in [-0.2, -0.15) is 0 Å². The molecule has 410 valence electrons. The molecule has 2 unspecified atom stereocenters. The number of ketones is 2. The molecule has 0 bridgehead atoms. The fraction of sp³-hybridized carbons (Fsp3) is 0.525. The molecule has 2 aliphatic carbocycles. The van der Waals surface area contributed by atoms with Gasteiger partial charge in [0.05, 0.1) is 51.4 Å². The van der Waals surface area contributed by atoms with E-state index in [1.807, 2.05) is 115 Å². The van der Waals surface area contributed by atoms with Gasteiger partial charge in [-0.25, -0.2) is 0 Å². The third kappa shape index (κ3) is 21.9. The lowest BCUT2D eigenvalue weighted by atomic mass is 9.71. The molecule has 7 N–H and O–H groups in total. The van der Waals surface area contributed by atoms with Gasteiger partial charge in [0, 0.05) is 25.7 Å². The number of allylic oxidation sites excluding steroid dienone is 20. The topological polar surface area (TPSA) is 246 Å². The van der Waals surface area contributed by atoms with Crippen molar-refractivity contribution in [1.82, 2.24) is 10.6 Å². The second-order valence-corrected chi connectivity index (χ2v) is 20.7. The molecule has 0 saturated heterocycles. The van der Waals surface area contributed by atoms with Crippen molar-refractivity contribution >= 4 is 35.3 Å². The summed E-state index contributed by atoms with van der Waals surface area (Å²) in [5.74, 6) is -2.93. The number of aliphatic hydroxyl groups excluding tert-OH is 5. The average Bonchev–Trinajstić information content (AvgIpc) is 3.34. The number of hydrogen-bond donors (Lipinski definition) is 7. The van der Waals surface area contributed by atoms with E-state index < -0.39 is 85.5 Å². The smallest absolute Gasteiger partial charge is 0.307 e. The van der Waals surface area contributed by atoms with Crippen molar-refractivity contribution < 1.29 is 63.8 Å². The van der Waals surface area contributed by atoms with Gasteiger partial charge < -0.3 is 45.6 Å². The van der Waals surface area contributed by atoms with Gasteiger partial charge in [0.2, 0.25) is 11.8 Å². The van der Waals surface area contributed by atoms with E-state index in [0.717, 1.165) is 22.3 Å². The first-order valence-corrected chi connectivity index (χ1v) is 25.2. The van der Waals surface area contributed by atoms with Crippen molar-refractivity contribution in [2.45, 2.75) is 158 Å². The SMILES string of the molecule is C/C=C/C1=C(C)C(=O)C(OC(=O)CCC(=O)NC(CC)(CO)CO)CC1(C)C.CC(C)=C/C=C/C(C)=C/C=C/C=C(C)/C=C/C=C(C)/C=C/C1=C(C)C(=O)C(OC(=O)CCC(=O)NC(CO)(CO)CO)CC1(C)C. The maximum absolute atomic E-state index is 13.1. The van der Waals surface area contributed by atoms with Crippen LogP contribution in [0.4, 0.5) is 0 Å². The lowest BCUT2D eigenvalue weighted by Gasteiger charge is -2.36. The van der Waals surface area contributed by atoms with Gasteiger partial charge in [0.1, 0.15) is 5.54 Å². The Morgan fingerprint density at radius 2 is 0.932 bits per heavy atom. The van der Waals surface area contributed by atoms with Gasteiger partial charge in [0.15, 0.2) is 23.8 Å². The zero-order valence-corrected chi connectivity index (χ0v) is 46.2. The van der Waals surface area contributed by atoms with E-state index in [9.17, 15) is 54.3 Å². The highest BCUT2D eigenvalue weighted by Crippen LogP contribution is 2.42.